The van der Waals surface area contributed by atoms with Crippen LogP contribution in [0.3, 0.4) is 0 Å². The highest BCUT2D eigenvalue weighted by Gasteiger charge is 2.30. The zero-order valence-corrected chi connectivity index (χ0v) is 13.1. The molecule has 1 fully saturated rings. The van der Waals surface area contributed by atoms with Gasteiger partial charge in [-0.3, -0.25) is 9.36 Å². The number of carboxylic acid groups (broad SMARTS) is 1. The molecule has 1 aromatic carbocycles. The Morgan fingerprint density at radius 3 is 2.71 bits per heavy atom. The molecule has 1 aliphatic rings. The van der Waals surface area contributed by atoms with Crippen LogP contribution in [0, 0.1) is 0 Å². The van der Waals surface area contributed by atoms with Crippen LogP contribution in [0.25, 0.3) is 11.4 Å². The second kappa shape index (κ2) is 5.87. The molecule has 1 N–H and O–H groups in total. The van der Waals surface area contributed by atoms with Crippen molar-refractivity contribution >= 4 is 40.9 Å². The van der Waals surface area contributed by atoms with Gasteiger partial charge in [0, 0.05) is 11.6 Å². The molecule has 0 unspecified atom stereocenters. The van der Waals surface area contributed by atoms with E-state index in [9.17, 15) is 4.79 Å². The molecule has 0 radical (unpaired) electrons. The average molecular weight is 344 g/mol. The molecular weight excluding hydrogens is 333 g/mol. The molecule has 0 amide bonds. The third kappa shape index (κ3) is 3.17. The number of halogens is 2. The lowest BCUT2D eigenvalue weighted by Gasteiger charge is -2.08. The van der Waals surface area contributed by atoms with E-state index in [1.165, 1.54) is 11.8 Å². The lowest BCUT2D eigenvalue weighted by Crippen LogP contribution is -2.03. The van der Waals surface area contributed by atoms with Crippen molar-refractivity contribution in [2.45, 2.75) is 24.0 Å². The molecule has 0 atom stereocenters. The van der Waals surface area contributed by atoms with E-state index in [2.05, 4.69) is 10.2 Å². The summed E-state index contributed by atoms with van der Waals surface area (Å²) in [6.07, 6.45) is 2.10. The number of rotatable bonds is 5. The maximum absolute atomic E-state index is 10.7. The number of benzene rings is 1. The Morgan fingerprint density at radius 2 is 2.10 bits per heavy atom. The SMILES string of the molecule is O=C(O)CSc1nnc(-c2ccc(Cl)c(Cl)c2)n1C1CC1. The average Bonchev–Trinajstić information content (AvgIpc) is 3.19. The minimum absolute atomic E-state index is 0.0355. The molecule has 0 spiro atoms. The van der Waals surface area contributed by atoms with Gasteiger partial charge in [-0.05, 0) is 31.0 Å². The van der Waals surface area contributed by atoms with Gasteiger partial charge >= 0.3 is 5.97 Å². The summed E-state index contributed by atoms with van der Waals surface area (Å²) in [6, 6.07) is 5.64. The highest BCUT2D eigenvalue weighted by atomic mass is 35.5. The molecule has 110 valence electrons. The number of hydrogen-bond acceptors (Lipinski definition) is 4. The number of nitrogens with zero attached hydrogens (tertiary/aromatic N) is 3. The molecule has 1 heterocycles. The fraction of sp³-hybridized carbons (Fsp3) is 0.308. The fourth-order valence-electron chi connectivity index (χ4n) is 2.00. The first kappa shape index (κ1) is 14.7. The quantitative estimate of drug-likeness (QED) is 0.837. The maximum Gasteiger partial charge on any atom is 0.313 e. The van der Waals surface area contributed by atoms with Crippen molar-refractivity contribution in [1.29, 1.82) is 0 Å². The smallest absolute Gasteiger partial charge is 0.313 e. The van der Waals surface area contributed by atoms with Crippen LogP contribution in [0.4, 0.5) is 0 Å². The van der Waals surface area contributed by atoms with Crippen LogP contribution in [0.1, 0.15) is 18.9 Å². The number of thioether (sulfide) groups is 1. The minimum atomic E-state index is -0.874. The molecule has 0 aliphatic heterocycles. The Kier molecular flexibility index (Phi) is 4.10. The Morgan fingerprint density at radius 1 is 1.33 bits per heavy atom. The van der Waals surface area contributed by atoms with Crippen molar-refractivity contribution in [3.63, 3.8) is 0 Å². The van der Waals surface area contributed by atoms with Crippen LogP contribution < -0.4 is 0 Å². The summed E-state index contributed by atoms with van der Waals surface area (Å²) < 4.78 is 1.99. The Labute approximate surface area is 135 Å². The van der Waals surface area contributed by atoms with E-state index in [4.69, 9.17) is 28.3 Å². The first-order chi connectivity index (χ1) is 10.1. The summed E-state index contributed by atoms with van der Waals surface area (Å²) in [5.74, 6) is -0.211. The van der Waals surface area contributed by atoms with Crippen molar-refractivity contribution in [3.8, 4) is 11.4 Å². The number of aliphatic carboxylic acids is 1. The van der Waals surface area contributed by atoms with Crippen LogP contribution in [0.2, 0.25) is 10.0 Å². The van der Waals surface area contributed by atoms with Crippen LogP contribution in [-0.2, 0) is 4.79 Å². The number of hydrogen-bond donors (Lipinski definition) is 1. The molecule has 5 nitrogen and oxygen atoms in total. The standard InChI is InChI=1S/C13H11Cl2N3O2S/c14-9-4-1-7(5-10(9)15)12-16-17-13(21-6-11(19)20)18(12)8-2-3-8/h1,4-5,8H,2-3,6H2,(H,19,20). The van der Waals surface area contributed by atoms with Gasteiger partial charge in [0.1, 0.15) is 0 Å². The predicted molar refractivity (Wildman–Crippen MR) is 82.1 cm³/mol. The van der Waals surface area contributed by atoms with Gasteiger partial charge in [-0.2, -0.15) is 0 Å². The molecule has 0 bridgehead atoms. The molecule has 0 saturated heterocycles. The van der Waals surface area contributed by atoms with Crippen molar-refractivity contribution in [2.75, 3.05) is 5.75 Å². The summed E-state index contributed by atoms with van der Waals surface area (Å²) in [6.45, 7) is 0. The van der Waals surface area contributed by atoms with Crippen LogP contribution >= 0.6 is 35.0 Å². The van der Waals surface area contributed by atoms with E-state index in [1.54, 1.807) is 12.1 Å². The maximum atomic E-state index is 10.7. The Balaban J connectivity index is 1.98. The second-order valence-electron chi connectivity index (χ2n) is 4.72. The van der Waals surface area contributed by atoms with Gasteiger partial charge in [-0.15, -0.1) is 10.2 Å². The zero-order chi connectivity index (χ0) is 15.0. The molecule has 8 heteroatoms. The molecule has 2 aromatic rings. The van der Waals surface area contributed by atoms with E-state index < -0.39 is 5.97 Å². The third-order valence-corrected chi connectivity index (χ3v) is 4.75. The van der Waals surface area contributed by atoms with Crippen LogP contribution in [0.5, 0.6) is 0 Å². The summed E-state index contributed by atoms with van der Waals surface area (Å²) in [4.78, 5) is 10.7. The molecule has 1 saturated carbocycles. The molecule has 1 aliphatic carbocycles. The molecule has 3 rings (SSSR count). The molecular formula is C13H11Cl2N3O2S. The monoisotopic (exact) mass is 343 g/mol. The van der Waals surface area contributed by atoms with E-state index in [-0.39, 0.29) is 5.75 Å². The van der Waals surface area contributed by atoms with Gasteiger partial charge in [-0.25, -0.2) is 0 Å². The van der Waals surface area contributed by atoms with Crippen molar-refractivity contribution in [2.24, 2.45) is 0 Å². The van der Waals surface area contributed by atoms with Crippen molar-refractivity contribution in [3.05, 3.63) is 28.2 Å². The molecule has 21 heavy (non-hydrogen) atoms. The minimum Gasteiger partial charge on any atom is -0.481 e. The lowest BCUT2D eigenvalue weighted by molar-refractivity contribution is -0.133. The topological polar surface area (TPSA) is 68.0 Å². The van der Waals surface area contributed by atoms with Crippen LogP contribution in [0.15, 0.2) is 23.4 Å². The van der Waals surface area contributed by atoms with Crippen LogP contribution in [-0.4, -0.2) is 31.6 Å². The zero-order valence-electron chi connectivity index (χ0n) is 10.8. The number of aromatic nitrogens is 3. The predicted octanol–water partition coefficient (Wildman–Crippen LogP) is 3.76. The Bertz CT molecular complexity index is 701. The first-order valence-electron chi connectivity index (χ1n) is 6.31. The van der Waals surface area contributed by atoms with Crippen molar-refractivity contribution in [1.82, 2.24) is 14.8 Å². The second-order valence-corrected chi connectivity index (χ2v) is 6.48. The molecule has 1 aromatic heterocycles. The number of carboxylic acids is 1. The highest BCUT2D eigenvalue weighted by molar-refractivity contribution is 7.99. The normalized spacial score (nSPS) is 14.4. The number of carbonyl (C=O) groups is 1. The van der Waals surface area contributed by atoms with Gasteiger partial charge < -0.3 is 5.11 Å². The summed E-state index contributed by atoms with van der Waals surface area (Å²) in [7, 11) is 0. The van der Waals surface area contributed by atoms with Gasteiger partial charge in [0.2, 0.25) is 0 Å². The lowest BCUT2D eigenvalue weighted by atomic mass is 10.2. The van der Waals surface area contributed by atoms with Gasteiger partial charge in [0.05, 0.1) is 15.8 Å². The first-order valence-corrected chi connectivity index (χ1v) is 8.05. The summed E-state index contributed by atoms with van der Waals surface area (Å²) in [5.41, 5.74) is 0.825. The van der Waals surface area contributed by atoms with E-state index in [0.717, 1.165) is 18.4 Å². The third-order valence-electron chi connectivity index (χ3n) is 3.08. The Hall–Kier alpha value is -1.24. The van der Waals surface area contributed by atoms with E-state index >= 15 is 0 Å². The largest absolute Gasteiger partial charge is 0.481 e. The highest BCUT2D eigenvalue weighted by Crippen LogP contribution is 2.41. The van der Waals surface area contributed by atoms with Gasteiger partial charge in [0.25, 0.3) is 0 Å². The van der Waals surface area contributed by atoms with Gasteiger partial charge in [-0.1, -0.05) is 35.0 Å². The van der Waals surface area contributed by atoms with E-state index in [0.29, 0.717) is 27.1 Å². The summed E-state index contributed by atoms with van der Waals surface area (Å²) in [5, 5.41) is 18.7. The fourth-order valence-corrected chi connectivity index (χ4v) is 3.02. The summed E-state index contributed by atoms with van der Waals surface area (Å²) >= 11 is 13.2. The van der Waals surface area contributed by atoms with Gasteiger partial charge in [0.15, 0.2) is 11.0 Å². The van der Waals surface area contributed by atoms with Crippen molar-refractivity contribution < 1.29 is 9.90 Å². The van der Waals surface area contributed by atoms with E-state index in [1.807, 2.05) is 10.6 Å².